The zero-order valence-corrected chi connectivity index (χ0v) is 15.5. The van der Waals surface area contributed by atoms with Crippen LogP contribution in [0.5, 0.6) is 11.5 Å². The number of carbonyl (C=O) groups excluding carboxylic acids is 2. The van der Waals surface area contributed by atoms with E-state index >= 15 is 0 Å². The van der Waals surface area contributed by atoms with Crippen molar-refractivity contribution in [1.29, 1.82) is 0 Å². The number of furan rings is 1. The molecule has 0 unspecified atom stereocenters. The van der Waals surface area contributed by atoms with Gasteiger partial charge in [0.15, 0.2) is 17.6 Å². The Hall–Kier alpha value is -3.48. The number of rotatable bonds is 5. The van der Waals surface area contributed by atoms with Gasteiger partial charge in [0.25, 0.3) is 5.91 Å². The number of nitrogens with one attached hydrogen (secondary N) is 1. The molecule has 0 radical (unpaired) electrons. The van der Waals surface area contributed by atoms with E-state index in [0.29, 0.717) is 17.2 Å². The Bertz CT molecular complexity index is 1050. The van der Waals surface area contributed by atoms with Gasteiger partial charge in [0.2, 0.25) is 6.79 Å². The second-order valence-electron chi connectivity index (χ2n) is 6.63. The molecule has 4 rings (SSSR count). The van der Waals surface area contributed by atoms with Crippen LogP contribution in [0.25, 0.3) is 11.0 Å². The molecule has 1 amide bonds. The number of benzene rings is 2. The number of aryl methyl sites for hydroxylation is 1. The lowest BCUT2D eigenvalue weighted by Gasteiger charge is -2.13. The summed E-state index contributed by atoms with van der Waals surface area (Å²) < 4.78 is 21.3. The van der Waals surface area contributed by atoms with Crippen LogP contribution in [-0.2, 0) is 20.7 Å². The maximum absolute atomic E-state index is 12.3. The molecule has 0 saturated heterocycles. The molecule has 2 aromatic carbocycles. The van der Waals surface area contributed by atoms with E-state index in [1.165, 1.54) is 6.92 Å². The third-order valence-corrected chi connectivity index (χ3v) is 4.46. The molecular formula is C21H19NO6. The second-order valence-corrected chi connectivity index (χ2v) is 6.63. The molecule has 7 nitrogen and oxygen atoms in total. The van der Waals surface area contributed by atoms with Crippen molar-refractivity contribution in [2.45, 2.75) is 26.4 Å². The van der Waals surface area contributed by atoms with Crippen molar-refractivity contribution in [2.24, 2.45) is 0 Å². The minimum Gasteiger partial charge on any atom is -0.464 e. The van der Waals surface area contributed by atoms with Gasteiger partial charge in [-0.3, -0.25) is 9.59 Å². The van der Waals surface area contributed by atoms with Crippen LogP contribution in [0.1, 0.15) is 18.1 Å². The van der Waals surface area contributed by atoms with Crippen LogP contribution >= 0.6 is 0 Å². The quantitative estimate of drug-likeness (QED) is 0.680. The highest BCUT2D eigenvalue weighted by atomic mass is 16.7. The average molecular weight is 381 g/mol. The van der Waals surface area contributed by atoms with Crippen LogP contribution in [0.3, 0.4) is 0 Å². The first-order chi connectivity index (χ1) is 13.5. The maximum Gasteiger partial charge on any atom is 0.311 e. The number of fused-ring (bicyclic) bond motifs is 2. The molecule has 2 heterocycles. The zero-order chi connectivity index (χ0) is 19.7. The van der Waals surface area contributed by atoms with Crippen molar-refractivity contribution >= 4 is 28.5 Å². The molecule has 1 atom stereocenters. The van der Waals surface area contributed by atoms with Crippen molar-refractivity contribution in [3.05, 3.63) is 53.8 Å². The summed E-state index contributed by atoms with van der Waals surface area (Å²) in [5.74, 6) is 0.251. The summed E-state index contributed by atoms with van der Waals surface area (Å²) in [7, 11) is 0. The van der Waals surface area contributed by atoms with Crippen molar-refractivity contribution < 1.29 is 28.2 Å². The lowest BCUT2D eigenvalue weighted by atomic mass is 10.1. The molecule has 1 aromatic heterocycles. The molecule has 28 heavy (non-hydrogen) atoms. The summed E-state index contributed by atoms with van der Waals surface area (Å²) in [5.41, 5.74) is 3.05. The molecule has 7 heteroatoms. The monoisotopic (exact) mass is 381 g/mol. The van der Waals surface area contributed by atoms with Crippen LogP contribution in [0.4, 0.5) is 5.69 Å². The lowest BCUT2D eigenvalue weighted by Crippen LogP contribution is -2.30. The number of carbonyl (C=O) groups is 2. The van der Waals surface area contributed by atoms with Crippen molar-refractivity contribution in [2.75, 3.05) is 12.1 Å². The number of hydrogen-bond donors (Lipinski definition) is 1. The second kappa shape index (κ2) is 7.26. The SMILES string of the molecule is Cc1ccc2c(CC(=O)O[C@@H](C)C(=O)Nc3ccc4c(c3)OCO4)coc2c1. The fraction of sp³-hybridized carbons (Fsp3) is 0.238. The standard InChI is InChI=1S/C21H19NO6/c1-12-3-5-16-14(10-25-18(16)7-12)8-20(23)28-13(2)21(24)22-15-4-6-17-19(9-15)27-11-26-17/h3-7,9-10,13H,8,11H2,1-2H3,(H,22,24)/t13-/m0/s1. The molecule has 0 aliphatic carbocycles. The van der Waals surface area contributed by atoms with E-state index in [1.807, 2.05) is 25.1 Å². The van der Waals surface area contributed by atoms with E-state index in [2.05, 4.69) is 5.32 Å². The highest BCUT2D eigenvalue weighted by Gasteiger charge is 2.21. The van der Waals surface area contributed by atoms with Crippen LogP contribution in [0.2, 0.25) is 0 Å². The van der Waals surface area contributed by atoms with Gasteiger partial charge in [-0.15, -0.1) is 0 Å². The molecule has 0 spiro atoms. The summed E-state index contributed by atoms with van der Waals surface area (Å²) >= 11 is 0. The van der Waals surface area contributed by atoms with Gasteiger partial charge >= 0.3 is 5.97 Å². The largest absolute Gasteiger partial charge is 0.464 e. The topological polar surface area (TPSA) is 87.0 Å². The van der Waals surface area contributed by atoms with Gasteiger partial charge in [-0.05, 0) is 37.6 Å². The summed E-state index contributed by atoms with van der Waals surface area (Å²) in [6.07, 6.45) is 0.624. The fourth-order valence-corrected chi connectivity index (χ4v) is 2.99. The molecule has 1 N–H and O–H groups in total. The van der Waals surface area contributed by atoms with Crippen molar-refractivity contribution in [1.82, 2.24) is 0 Å². The third-order valence-electron chi connectivity index (χ3n) is 4.46. The van der Waals surface area contributed by atoms with Crippen LogP contribution in [-0.4, -0.2) is 24.8 Å². The first kappa shape index (κ1) is 17.9. The summed E-state index contributed by atoms with van der Waals surface area (Å²) in [4.78, 5) is 24.6. The Balaban J connectivity index is 1.36. The van der Waals surface area contributed by atoms with Gasteiger partial charge in [0, 0.05) is 22.7 Å². The molecule has 144 valence electrons. The van der Waals surface area contributed by atoms with E-state index < -0.39 is 18.0 Å². The summed E-state index contributed by atoms with van der Waals surface area (Å²) in [5, 5.41) is 3.56. The van der Waals surface area contributed by atoms with Crippen molar-refractivity contribution in [3.8, 4) is 11.5 Å². The minimum absolute atomic E-state index is 0.0255. The van der Waals surface area contributed by atoms with E-state index in [4.69, 9.17) is 18.6 Å². The Morgan fingerprint density at radius 3 is 2.82 bits per heavy atom. The van der Waals surface area contributed by atoms with Gasteiger partial charge in [-0.2, -0.15) is 0 Å². The average Bonchev–Trinajstić information content (AvgIpc) is 3.27. The van der Waals surface area contributed by atoms with E-state index in [1.54, 1.807) is 24.5 Å². The maximum atomic E-state index is 12.3. The molecule has 1 aliphatic rings. The van der Waals surface area contributed by atoms with Crippen LogP contribution < -0.4 is 14.8 Å². The highest BCUT2D eigenvalue weighted by molar-refractivity contribution is 5.95. The van der Waals surface area contributed by atoms with Crippen LogP contribution in [0, 0.1) is 6.92 Å². The molecule has 0 fully saturated rings. The molecule has 3 aromatic rings. The number of esters is 1. The predicted molar refractivity (Wildman–Crippen MR) is 101 cm³/mol. The van der Waals surface area contributed by atoms with Gasteiger partial charge in [0.05, 0.1) is 12.7 Å². The number of anilines is 1. The van der Waals surface area contributed by atoms with E-state index in [9.17, 15) is 9.59 Å². The van der Waals surface area contributed by atoms with E-state index in [-0.39, 0.29) is 13.2 Å². The third kappa shape index (κ3) is 3.64. The van der Waals surface area contributed by atoms with Crippen molar-refractivity contribution in [3.63, 3.8) is 0 Å². The minimum atomic E-state index is -0.946. The molecule has 0 bridgehead atoms. The number of amides is 1. The first-order valence-electron chi connectivity index (χ1n) is 8.86. The smallest absolute Gasteiger partial charge is 0.311 e. The Morgan fingerprint density at radius 2 is 1.96 bits per heavy atom. The molecule has 1 aliphatic heterocycles. The molecule has 0 saturated carbocycles. The van der Waals surface area contributed by atoms with E-state index in [0.717, 1.165) is 22.1 Å². The summed E-state index contributed by atoms with van der Waals surface area (Å²) in [6, 6.07) is 10.8. The fourth-order valence-electron chi connectivity index (χ4n) is 2.99. The van der Waals surface area contributed by atoms with Gasteiger partial charge in [0.1, 0.15) is 5.58 Å². The van der Waals surface area contributed by atoms with Gasteiger partial charge in [-0.25, -0.2) is 0 Å². The Labute approximate surface area is 161 Å². The zero-order valence-electron chi connectivity index (χ0n) is 15.5. The normalized spacial score (nSPS) is 13.4. The van der Waals surface area contributed by atoms with Gasteiger partial charge < -0.3 is 23.9 Å². The first-order valence-corrected chi connectivity index (χ1v) is 8.86. The van der Waals surface area contributed by atoms with Crippen LogP contribution in [0.15, 0.2) is 47.1 Å². The molecular weight excluding hydrogens is 362 g/mol. The Morgan fingerprint density at radius 1 is 1.14 bits per heavy atom. The highest BCUT2D eigenvalue weighted by Crippen LogP contribution is 2.34. The lowest BCUT2D eigenvalue weighted by molar-refractivity contribution is -0.152. The number of ether oxygens (including phenoxy) is 3. The van der Waals surface area contributed by atoms with Gasteiger partial charge in [-0.1, -0.05) is 12.1 Å². The predicted octanol–water partition coefficient (Wildman–Crippen LogP) is 3.58. The summed E-state index contributed by atoms with van der Waals surface area (Å²) in [6.45, 7) is 3.65. The number of hydrogen-bond acceptors (Lipinski definition) is 6. The Kier molecular flexibility index (Phi) is 4.65.